The van der Waals surface area contributed by atoms with Crippen molar-refractivity contribution < 1.29 is 4.79 Å². The first-order valence-electron chi connectivity index (χ1n) is 5.69. The largest absolute Gasteiger partial charge is 0.325 e. The lowest BCUT2D eigenvalue weighted by Gasteiger charge is -2.06. The van der Waals surface area contributed by atoms with Crippen molar-refractivity contribution in [2.45, 2.75) is 20.3 Å². The van der Waals surface area contributed by atoms with Gasteiger partial charge in [-0.1, -0.05) is 12.1 Å². The first-order valence-corrected chi connectivity index (χ1v) is 5.69. The fourth-order valence-corrected chi connectivity index (χ4v) is 1.41. The van der Waals surface area contributed by atoms with Gasteiger partial charge in [0.25, 0.3) is 0 Å². The summed E-state index contributed by atoms with van der Waals surface area (Å²) in [6, 6.07) is 7.75. The van der Waals surface area contributed by atoms with Crippen LogP contribution in [0, 0.1) is 18.8 Å². The monoisotopic (exact) mass is 230 g/mol. The zero-order valence-corrected chi connectivity index (χ0v) is 10.3. The van der Waals surface area contributed by atoms with E-state index in [1.807, 2.05) is 38.1 Å². The Morgan fingerprint density at radius 2 is 2.24 bits per heavy atom. The van der Waals surface area contributed by atoms with Crippen molar-refractivity contribution in [1.29, 1.82) is 0 Å². The van der Waals surface area contributed by atoms with Crippen molar-refractivity contribution in [1.82, 2.24) is 5.32 Å². The Morgan fingerprint density at radius 1 is 1.41 bits per heavy atom. The van der Waals surface area contributed by atoms with Crippen LogP contribution in [0.3, 0.4) is 0 Å². The van der Waals surface area contributed by atoms with E-state index in [9.17, 15) is 4.79 Å². The van der Waals surface area contributed by atoms with Gasteiger partial charge in [-0.05, 0) is 31.5 Å². The minimum absolute atomic E-state index is 0.0277. The van der Waals surface area contributed by atoms with Gasteiger partial charge in [0.15, 0.2) is 0 Å². The molecule has 0 aliphatic heterocycles. The quantitative estimate of drug-likeness (QED) is 0.599. The second-order valence-corrected chi connectivity index (χ2v) is 3.77. The Labute approximate surface area is 103 Å². The maximum Gasteiger partial charge on any atom is 0.238 e. The average Bonchev–Trinajstić information content (AvgIpc) is 2.29. The SMILES string of the molecule is CC#CCCNCC(=O)Nc1cccc(C)c1. The van der Waals surface area contributed by atoms with Crippen LogP contribution in [-0.2, 0) is 4.79 Å². The molecule has 0 unspecified atom stereocenters. The molecular weight excluding hydrogens is 212 g/mol. The highest BCUT2D eigenvalue weighted by molar-refractivity contribution is 5.92. The molecular formula is C14H18N2O. The molecule has 3 nitrogen and oxygen atoms in total. The molecule has 0 aliphatic carbocycles. The lowest BCUT2D eigenvalue weighted by atomic mass is 10.2. The normalized spacial score (nSPS) is 9.29. The number of carbonyl (C=O) groups excluding carboxylic acids is 1. The Morgan fingerprint density at radius 3 is 2.94 bits per heavy atom. The second kappa shape index (κ2) is 7.48. The predicted octanol–water partition coefficient (Wildman–Crippen LogP) is 1.94. The zero-order valence-electron chi connectivity index (χ0n) is 10.3. The van der Waals surface area contributed by atoms with E-state index in [0.717, 1.165) is 24.2 Å². The Hall–Kier alpha value is -1.79. The third-order valence-corrected chi connectivity index (χ3v) is 2.19. The fourth-order valence-electron chi connectivity index (χ4n) is 1.41. The first-order chi connectivity index (χ1) is 8.22. The van der Waals surface area contributed by atoms with Crippen LogP contribution in [-0.4, -0.2) is 19.0 Å². The summed E-state index contributed by atoms with van der Waals surface area (Å²) in [5.74, 6) is 5.72. The molecule has 1 amide bonds. The summed E-state index contributed by atoms with van der Waals surface area (Å²) in [6.07, 6.45) is 0.772. The summed E-state index contributed by atoms with van der Waals surface area (Å²) in [4.78, 5) is 11.5. The summed E-state index contributed by atoms with van der Waals surface area (Å²) >= 11 is 0. The second-order valence-electron chi connectivity index (χ2n) is 3.77. The minimum atomic E-state index is -0.0277. The van der Waals surface area contributed by atoms with Gasteiger partial charge in [-0.2, -0.15) is 0 Å². The summed E-state index contributed by atoms with van der Waals surface area (Å²) in [5, 5.41) is 5.88. The van der Waals surface area contributed by atoms with Crippen molar-refractivity contribution in [2.75, 3.05) is 18.4 Å². The van der Waals surface area contributed by atoms with Crippen LogP contribution in [0.5, 0.6) is 0 Å². The summed E-state index contributed by atoms with van der Waals surface area (Å²) in [7, 11) is 0. The van der Waals surface area contributed by atoms with Crippen LogP contribution < -0.4 is 10.6 Å². The van der Waals surface area contributed by atoms with Crippen molar-refractivity contribution >= 4 is 11.6 Å². The topological polar surface area (TPSA) is 41.1 Å². The molecule has 0 bridgehead atoms. The van der Waals surface area contributed by atoms with Gasteiger partial charge < -0.3 is 10.6 Å². The summed E-state index contributed by atoms with van der Waals surface area (Å²) in [6.45, 7) is 4.86. The third kappa shape index (κ3) is 5.74. The van der Waals surface area contributed by atoms with Crippen molar-refractivity contribution in [2.24, 2.45) is 0 Å². The third-order valence-electron chi connectivity index (χ3n) is 2.19. The molecule has 1 aromatic rings. The van der Waals surface area contributed by atoms with Crippen LogP contribution in [0.1, 0.15) is 18.9 Å². The lowest BCUT2D eigenvalue weighted by molar-refractivity contribution is -0.115. The number of anilines is 1. The number of aryl methyl sites for hydroxylation is 1. The van der Waals surface area contributed by atoms with Crippen molar-refractivity contribution in [3.8, 4) is 11.8 Å². The van der Waals surface area contributed by atoms with Gasteiger partial charge in [0.05, 0.1) is 6.54 Å². The van der Waals surface area contributed by atoms with E-state index in [1.54, 1.807) is 0 Å². The van der Waals surface area contributed by atoms with Gasteiger partial charge >= 0.3 is 0 Å². The van der Waals surface area contributed by atoms with E-state index in [0.29, 0.717) is 6.54 Å². The summed E-state index contributed by atoms with van der Waals surface area (Å²) < 4.78 is 0. The number of carbonyl (C=O) groups is 1. The van der Waals surface area contributed by atoms with E-state index < -0.39 is 0 Å². The van der Waals surface area contributed by atoms with Crippen molar-refractivity contribution in [3.63, 3.8) is 0 Å². The van der Waals surface area contributed by atoms with E-state index in [1.165, 1.54) is 0 Å². The summed E-state index contributed by atoms with van der Waals surface area (Å²) in [5.41, 5.74) is 1.97. The molecule has 0 radical (unpaired) electrons. The molecule has 3 heteroatoms. The highest BCUT2D eigenvalue weighted by Gasteiger charge is 2.00. The molecule has 0 aliphatic rings. The van der Waals surface area contributed by atoms with Crippen LogP contribution in [0.2, 0.25) is 0 Å². The van der Waals surface area contributed by atoms with Gasteiger partial charge in [0, 0.05) is 18.7 Å². The lowest BCUT2D eigenvalue weighted by Crippen LogP contribution is -2.28. The van der Waals surface area contributed by atoms with Crippen molar-refractivity contribution in [3.05, 3.63) is 29.8 Å². The maximum atomic E-state index is 11.5. The highest BCUT2D eigenvalue weighted by atomic mass is 16.1. The minimum Gasteiger partial charge on any atom is -0.325 e. The van der Waals surface area contributed by atoms with E-state index in [2.05, 4.69) is 22.5 Å². The fraction of sp³-hybridized carbons (Fsp3) is 0.357. The van der Waals surface area contributed by atoms with Gasteiger partial charge in [0.2, 0.25) is 5.91 Å². The van der Waals surface area contributed by atoms with E-state index in [-0.39, 0.29) is 5.91 Å². The number of amides is 1. The van der Waals surface area contributed by atoms with Crippen LogP contribution >= 0.6 is 0 Å². The van der Waals surface area contributed by atoms with E-state index in [4.69, 9.17) is 0 Å². The van der Waals surface area contributed by atoms with Crippen LogP contribution in [0.15, 0.2) is 24.3 Å². The molecule has 0 atom stereocenters. The van der Waals surface area contributed by atoms with Gasteiger partial charge in [0.1, 0.15) is 0 Å². The Kier molecular flexibility index (Phi) is 5.84. The van der Waals surface area contributed by atoms with Gasteiger partial charge in [-0.15, -0.1) is 11.8 Å². The van der Waals surface area contributed by atoms with Crippen LogP contribution in [0.4, 0.5) is 5.69 Å². The molecule has 0 saturated carbocycles. The molecule has 0 spiro atoms. The van der Waals surface area contributed by atoms with E-state index >= 15 is 0 Å². The number of nitrogens with one attached hydrogen (secondary N) is 2. The Balaban J connectivity index is 2.27. The molecule has 17 heavy (non-hydrogen) atoms. The molecule has 0 fully saturated rings. The number of hydrogen-bond acceptors (Lipinski definition) is 2. The van der Waals surface area contributed by atoms with Gasteiger partial charge in [-0.3, -0.25) is 4.79 Å². The highest BCUT2D eigenvalue weighted by Crippen LogP contribution is 2.08. The molecule has 2 N–H and O–H groups in total. The average molecular weight is 230 g/mol. The number of benzene rings is 1. The standard InChI is InChI=1S/C14H18N2O/c1-3-4-5-9-15-11-14(17)16-13-8-6-7-12(2)10-13/h6-8,10,15H,5,9,11H2,1-2H3,(H,16,17). The molecule has 0 saturated heterocycles. The number of hydrogen-bond donors (Lipinski definition) is 2. The van der Waals surface area contributed by atoms with Crippen LogP contribution in [0.25, 0.3) is 0 Å². The zero-order chi connectivity index (χ0) is 12.5. The smallest absolute Gasteiger partial charge is 0.238 e. The molecule has 0 heterocycles. The predicted molar refractivity (Wildman–Crippen MR) is 70.7 cm³/mol. The Bertz CT molecular complexity index is 429. The molecule has 0 aromatic heterocycles. The molecule has 1 aromatic carbocycles. The maximum absolute atomic E-state index is 11.5. The molecule has 1 rings (SSSR count). The number of rotatable bonds is 5. The first kappa shape index (κ1) is 13.3. The van der Waals surface area contributed by atoms with Gasteiger partial charge in [-0.25, -0.2) is 0 Å². The molecule has 90 valence electrons.